The maximum Gasteiger partial charge on any atom is 0.183 e. The number of halogens is 2. The van der Waals surface area contributed by atoms with Crippen LogP contribution in [0.3, 0.4) is 0 Å². The van der Waals surface area contributed by atoms with Crippen LogP contribution in [-0.2, 0) is 7.05 Å². The lowest BCUT2D eigenvalue weighted by Crippen LogP contribution is -2.04. The summed E-state index contributed by atoms with van der Waals surface area (Å²) in [4.78, 5) is 67.1. The van der Waals surface area contributed by atoms with Crippen molar-refractivity contribution in [1.29, 1.82) is 26.3 Å². The Balaban J connectivity index is 0.000000115. The van der Waals surface area contributed by atoms with Gasteiger partial charge in [-0.1, -0.05) is 48.0 Å². The topological polar surface area (TPSA) is 594 Å². The van der Waals surface area contributed by atoms with Gasteiger partial charge in [-0.05, 0) is 117 Å². The molecule has 16 N–H and O–H groups in total. The fourth-order valence-corrected chi connectivity index (χ4v) is 13.8. The average Bonchev–Trinajstić information content (AvgIpc) is 1.45. The van der Waals surface area contributed by atoms with Gasteiger partial charge >= 0.3 is 0 Å². The van der Waals surface area contributed by atoms with Crippen molar-refractivity contribution in [2.75, 3.05) is 28.7 Å². The zero-order valence-corrected chi connectivity index (χ0v) is 66.1. The Bertz CT molecular complexity index is 7580. The Kier molecular flexibility index (Phi) is 21.7. The van der Waals surface area contributed by atoms with E-state index in [1.54, 1.807) is 36.9 Å². The Hall–Kier alpha value is -18.5. The molecule has 0 bridgehead atoms. The minimum absolute atomic E-state index is 0.0229. The summed E-state index contributed by atoms with van der Waals surface area (Å²) in [6, 6.07) is 47.6. The molecule has 20 aromatic rings. The number of hydrogen-bond donors (Lipinski definition) is 11. The number of anilines is 5. The van der Waals surface area contributed by atoms with E-state index in [-0.39, 0.29) is 74.5 Å². The predicted molar refractivity (Wildman–Crippen MR) is 462 cm³/mol. The van der Waals surface area contributed by atoms with E-state index in [0.29, 0.717) is 84.1 Å². The van der Waals surface area contributed by atoms with Crippen LogP contribution in [0.25, 0.3) is 167 Å². The third kappa shape index (κ3) is 16.0. The molecule has 0 fully saturated rings. The Labute approximate surface area is 704 Å². The number of nitrogens with one attached hydrogen (secondary N) is 6. The second kappa shape index (κ2) is 34.0. The lowest BCUT2D eigenvalue weighted by Gasteiger charge is -2.11. The Morgan fingerprint density at radius 1 is 0.395 bits per heavy atom. The smallest absolute Gasteiger partial charge is 0.183 e. The first kappa shape index (κ1) is 79.3. The summed E-state index contributed by atoms with van der Waals surface area (Å²) in [5, 5.41) is 81.0. The molecule has 0 aliphatic rings. The summed E-state index contributed by atoms with van der Waals surface area (Å²) in [6.45, 7) is 5.96. The van der Waals surface area contributed by atoms with Gasteiger partial charge in [-0.25, -0.2) is 59.2 Å². The van der Waals surface area contributed by atoms with Gasteiger partial charge in [0.15, 0.2) is 63.4 Å². The molecule has 0 aliphatic heterocycles. The third-order valence-electron chi connectivity index (χ3n) is 19.3. The summed E-state index contributed by atoms with van der Waals surface area (Å²) in [7, 11) is 1.96. The Morgan fingerprint density at radius 2 is 0.839 bits per heavy atom. The molecule has 15 heterocycles. The molecule has 0 saturated heterocycles. The largest absolute Gasteiger partial charge is 0.381 e. The number of fused-ring (bicyclic) bond motifs is 5. The fraction of sp³-hybridized carbons (Fsp3) is 0.0465. The maximum absolute atomic E-state index is 14.3. The maximum atomic E-state index is 14.3. The van der Waals surface area contributed by atoms with E-state index in [0.717, 1.165) is 88.3 Å². The standard InChI is InChI=1S/C20H16N6.2C19H14N6.C14H8ClN9.C14H8FN9/c1-12-10-26(2)11-15(12)19-18(24-17(9-21)20(22)25-19)14-5-6-16-13(8-14)4-3-7-23-16;1-11-9-22-10-14(11)18-17(24-16(8-20)19(21)25-18)13-4-5-15-12(7-13)3-2-6-23-15;1-11-7-14(10-23-11)18-17(24-16(9-20)19(21)25-18)13-4-5-15-12(8-13)3-2-6-22-15;15-8-2-6(1-7-4-18-23-11(7)8)12-13(10-5-19-24-22-10)21-14(17)9(3-16)20-12;15-8-2-6(1-7-4-19-23-10(7)8)11-12(14-18-5-20-24-14)22-13(17)9(3-16)21-11/h3-8,10-11H,1-2H3,(H2,22,25);2-7,9-10,22H,1H3,(H2,21,25);2-8,10,23H,1H3,(H2,21,25);1-2,4-5H,(H2,17,21)(H,18,23)(H,19,22,24);1-2,4-5H,(H2,17,22)(H,19,23)(H,18,20,24). The number of nitrogens with two attached hydrogens (primary N) is 5. The highest BCUT2D eigenvalue weighted by molar-refractivity contribution is 6.35. The number of nitrogens with zero attached hydrogens (tertiary/aromatic N) is 25. The molecule has 20 rings (SSSR count). The molecule has 0 aliphatic carbocycles. The number of aromatic nitrogens is 26. The van der Waals surface area contributed by atoms with Crippen molar-refractivity contribution < 1.29 is 4.39 Å². The van der Waals surface area contributed by atoms with Crippen LogP contribution >= 0.6 is 11.6 Å². The molecule has 0 unspecified atom stereocenters. The molecule has 36 nitrogen and oxygen atoms in total. The van der Waals surface area contributed by atoms with Crippen molar-refractivity contribution in [1.82, 2.24) is 130 Å². The van der Waals surface area contributed by atoms with Gasteiger partial charge in [0.25, 0.3) is 0 Å². The van der Waals surface area contributed by atoms with Crippen LogP contribution in [0.1, 0.15) is 45.3 Å². The second-order valence-corrected chi connectivity index (χ2v) is 27.9. The number of aryl methyl sites for hydroxylation is 4. The van der Waals surface area contributed by atoms with Crippen LogP contribution in [0.15, 0.2) is 196 Å². The highest BCUT2D eigenvalue weighted by Crippen LogP contribution is 2.40. The van der Waals surface area contributed by atoms with Crippen LogP contribution in [0.4, 0.5) is 33.5 Å². The first-order chi connectivity index (χ1) is 60.2. The van der Waals surface area contributed by atoms with Gasteiger partial charge in [0.1, 0.15) is 93.6 Å². The molecule has 598 valence electrons. The summed E-state index contributed by atoms with van der Waals surface area (Å²) in [5.41, 5.74) is 48.5. The van der Waals surface area contributed by atoms with Gasteiger partial charge in [-0.15, -0.1) is 0 Å². The molecule has 0 spiro atoms. The minimum Gasteiger partial charge on any atom is -0.381 e. The number of nitriles is 5. The van der Waals surface area contributed by atoms with Crippen molar-refractivity contribution >= 4 is 95.2 Å². The highest BCUT2D eigenvalue weighted by Gasteiger charge is 2.25. The number of H-pyrrole nitrogens is 6. The molecule has 0 radical (unpaired) electrons. The van der Waals surface area contributed by atoms with E-state index in [1.165, 1.54) is 24.8 Å². The zero-order valence-electron chi connectivity index (χ0n) is 65.3. The van der Waals surface area contributed by atoms with Gasteiger partial charge < -0.3 is 43.2 Å². The van der Waals surface area contributed by atoms with E-state index < -0.39 is 5.82 Å². The normalized spacial score (nSPS) is 10.8. The lowest BCUT2D eigenvalue weighted by molar-refractivity contribution is 0.636. The van der Waals surface area contributed by atoms with Crippen molar-refractivity contribution in [3.05, 3.63) is 252 Å². The van der Waals surface area contributed by atoms with Crippen molar-refractivity contribution in [2.24, 2.45) is 7.05 Å². The highest BCUT2D eigenvalue weighted by atomic mass is 35.5. The van der Waals surface area contributed by atoms with Gasteiger partial charge in [0, 0.05) is 134 Å². The molecule has 38 heteroatoms. The molecule has 124 heavy (non-hydrogen) atoms. The van der Waals surface area contributed by atoms with Crippen LogP contribution in [0.5, 0.6) is 0 Å². The first-order valence-electron chi connectivity index (χ1n) is 37.1. The summed E-state index contributed by atoms with van der Waals surface area (Å²) in [5.74, 6) is 0.179. The summed E-state index contributed by atoms with van der Waals surface area (Å²) < 4.78 is 16.2. The number of aromatic amines is 6. The molecule has 5 aromatic carbocycles. The van der Waals surface area contributed by atoms with E-state index in [1.807, 2.05) is 197 Å². The van der Waals surface area contributed by atoms with E-state index in [4.69, 9.17) is 45.5 Å². The Morgan fingerprint density at radius 3 is 1.29 bits per heavy atom. The zero-order chi connectivity index (χ0) is 86.4. The summed E-state index contributed by atoms with van der Waals surface area (Å²) >= 11 is 6.29. The number of nitrogen functional groups attached to an aromatic ring is 5. The molecule has 15 aromatic heterocycles. The van der Waals surface area contributed by atoms with Gasteiger partial charge in [0.2, 0.25) is 0 Å². The molecule has 0 atom stereocenters. The van der Waals surface area contributed by atoms with Crippen LogP contribution in [0, 0.1) is 83.2 Å². The number of benzene rings is 5. The number of hydrogen-bond acceptors (Lipinski definition) is 29. The monoisotopic (exact) mass is 1650 g/mol. The van der Waals surface area contributed by atoms with Gasteiger partial charge in [-0.3, -0.25) is 30.2 Å². The SMILES string of the molecule is Cc1c[nH]cc1-c1nc(N)c(C#N)nc1-c1ccc2ncccc2c1.Cc1cc(-c2nc(N)c(C#N)nc2-c2ccc3ncccc3c2)c[nH]1.Cc1cn(C)cc1-c1nc(N)c(C#N)nc1-c1ccc2ncccc2c1.N#Cc1nc(-c2cc(Cl)c3[nH]ncc3c2)c(-c2cn[nH]n2)nc1N.N#Cc1nc(-c2cc(F)c3[nH]ncc3c2)c(-c2ncn[nH]2)nc1N. The van der Waals surface area contributed by atoms with E-state index in [2.05, 4.69) is 126 Å². The molecular formula is C86H60ClFN36. The molecule has 0 saturated carbocycles. The van der Waals surface area contributed by atoms with Crippen LogP contribution in [-0.4, -0.2) is 130 Å². The van der Waals surface area contributed by atoms with Gasteiger partial charge in [-0.2, -0.15) is 57.0 Å². The van der Waals surface area contributed by atoms with E-state index in [9.17, 15) is 25.4 Å². The molecular weight excluding hydrogens is 1590 g/mol. The minimum atomic E-state index is -0.499. The van der Waals surface area contributed by atoms with Gasteiger partial charge in [0.05, 0.1) is 62.8 Å². The van der Waals surface area contributed by atoms with Crippen molar-refractivity contribution in [3.8, 4) is 143 Å². The van der Waals surface area contributed by atoms with Crippen molar-refractivity contribution in [3.63, 3.8) is 0 Å². The fourth-order valence-electron chi connectivity index (χ4n) is 13.5. The summed E-state index contributed by atoms with van der Waals surface area (Å²) in [6.07, 6.45) is 20.8. The third-order valence-corrected chi connectivity index (χ3v) is 19.6. The van der Waals surface area contributed by atoms with Crippen molar-refractivity contribution in [2.45, 2.75) is 20.8 Å². The number of pyridine rings is 3. The van der Waals surface area contributed by atoms with E-state index >= 15 is 0 Å². The molecule has 0 amide bonds. The quantitative estimate of drug-likeness (QED) is 0.0606. The average molecular weight is 1650 g/mol. The predicted octanol–water partition coefficient (Wildman–Crippen LogP) is 13.7. The van der Waals surface area contributed by atoms with Crippen LogP contribution < -0.4 is 28.7 Å². The van der Waals surface area contributed by atoms with Crippen LogP contribution in [0.2, 0.25) is 5.02 Å². The second-order valence-electron chi connectivity index (χ2n) is 27.5. The first-order valence-corrected chi connectivity index (χ1v) is 37.4. The number of rotatable bonds is 10. The lowest BCUT2D eigenvalue weighted by atomic mass is 10.0.